The zero-order valence-corrected chi connectivity index (χ0v) is 11.4. The molecule has 1 heterocycles. The minimum absolute atomic E-state index is 0.348. The van der Waals surface area contributed by atoms with E-state index in [1.807, 2.05) is 0 Å². The van der Waals surface area contributed by atoms with Crippen LogP contribution in [0, 0.1) is 5.92 Å². The van der Waals surface area contributed by atoms with Gasteiger partial charge in [0, 0.05) is 30.7 Å². The average molecular weight is 224 g/mol. The van der Waals surface area contributed by atoms with Crippen molar-refractivity contribution >= 4 is 0 Å². The Hall–Kier alpha value is -0.0800. The van der Waals surface area contributed by atoms with Crippen molar-refractivity contribution in [2.75, 3.05) is 13.1 Å². The van der Waals surface area contributed by atoms with Gasteiger partial charge in [0.05, 0.1) is 0 Å². The normalized spacial score (nSPS) is 32.4. The highest BCUT2D eigenvalue weighted by Gasteiger charge is 2.39. The molecule has 1 N–H and O–H groups in total. The molecule has 1 saturated heterocycles. The molecule has 94 valence electrons. The molecular formula is C14H28N2. The van der Waals surface area contributed by atoms with Crippen LogP contribution in [0.3, 0.4) is 0 Å². The first-order valence-electron chi connectivity index (χ1n) is 7.01. The van der Waals surface area contributed by atoms with Crippen molar-refractivity contribution in [1.29, 1.82) is 0 Å². The van der Waals surface area contributed by atoms with Crippen LogP contribution in [0.4, 0.5) is 0 Å². The zero-order valence-electron chi connectivity index (χ0n) is 11.4. The number of hydrogen-bond acceptors (Lipinski definition) is 2. The van der Waals surface area contributed by atoms with E-state index < -0.39 is 0 Å². The maximum absolute atomic E-state index is 3.72. The molecule has 0 aromatic carbocycles. The number of nitrogens with zero attached hydrogens (tertiary/aromatic N) is 1. The largest absolute Gasteiger partial charge is 0.311 e. The van der Waals surface area contributed by atoms with Gasteiger partial charge in [0.25, 0.3) is 0 Å². The van der Waals surface area contributed by atoms with Crippen molar-refractivity contribution in [1.82, 2.24) is 10.2 Å². The third kappa shape index (κ3) is 2.43. The van der Waals surface area contributed by atoms with Crippen LogP contribution < -0.4 is 5.32 Å². The summed E-state index contributed by atoms with van der Waals surface area (Å²) in [6, 6.07) is 1.55. The lowest BCUT2D eigenvalue weighted by atomic mass is 9.91. The van der Waals surface area contributed by atoms with Crippen LogP contribution in [0.15, 0.2) is 0 Å². The Balaban J connectivity index is 2.05. The van der Waals surface area contributed by atoms with Crippen LogP contribution in [-0.2, 0) is 0 Å². The van der Waals surface area contributed by atoms with Gasteiger partial charge in [-0.15, -0.1) is 0 Å². The highest BCUT2D eigenvalue weighted by molar-refractivity contribution is 4.97. The Morgan fingerprint density at radius 3 is 2.38 bits per heavy atom. The monoisotopic (exact) mass is 224 g/mol. The van der Waals surface area contributed by atoms with E-state index in [9.17, 15) is 0 Å². The number of hydrogen-bond donors (Lipinski definition) is 1. The third-order valence-corrected chi connectivity index (χ3v) is 4.54. The predicted molar refractivity (Wildman–Crippen MR) is 69.7 cm³/mol. The molecule has 1 saturated carbocycles. The Morgan fingerprint density at radius 2 is 1.81 bits per heavy atom. The maximum atomic E-state index is 3.72. The van der Waals surface area contributed by atoms with Gasteiger partial charge in [-0.25, -0.2) is 0 Å². The summed E-state index contributed by atoms with van der Waals surface area (Å²) in [5.41, 5.74) is 0.348. The molecule has 16 heavy (non-hydrogen) atoms. The van der Waals surface area contributed by atoms with Crippen molar-refractivity contribution < 1.29 is 0 Å². The Labute approximate surface area is 101 Å². The predicted octanol–water partition coefficient (Wildman–Crippen LogP) is 2.64. The van der Waals surface area contributed by atoms with Crippen LogP contribution in [0.1, 0.15) is 53.4 Å². The Morgan fingerprint density at radius 1 is 1.19 bits per heavy atom. The van der Waals surface area contributed by atoms with Gasteiger partial charge in [-0.05, 0) is 32.6 Å². The highest BCUT2D eigenvalue weighted by Crippen LogP contribution is 2.31. The molecule has 0 amide bonds. The van der Waals surface area contributed by atoms with E-state index in [4.69, 9.17) is 0 Å². The first kappa shape index (κ1) is 12.4. The summed E-state index contributed by atoms with van der Waals surface area (Å²) >= 11 is 0. The minimum atomic E-state index is 0.348. The molecule has 0 radical (unpaired) electrons. The highest BCUT2D eigenvalue weighted by atomic mass is 15.3. The van der Waals surface area contributed by atoms with E-state index in [2.05, 4.69) is 37.9 Å². The second kappa shape index (κ2) is 4.66. The summed E-state index contributed by atoms with van der Waals surface area (Å²) in [5.74, 6) is 0.750. The molecule has 1 aliphatic carbocycles. The fourth-order valence-electron chi connectivity index (χ4n) is 3.31. The van der Waals surface area contributed by atoms with Gasteiger partial charge in [-0.2, -0.15) is 0 Å². The van der Waals surface area contributed by atoms with Gasteiger partial charge in [0.2, 0.25) is 0 Å². The van der Waals surface area contributed by atoms with Crippen molar-refractivity contribution in [3.8, 4) is 0 Å². The van der Waals surface area contributed by atoms with Gasteiger partial charge in [0.1, 0.15) is 0 Å². The van der Waals surface area contributed by atoms with E-state index in [1.165, 1.54) is 32.2 Å². The Bertz CT molecular complexity index is 229. The van der Waals surface area contributed by atoms with Gasteiger partial charge in [-0.3, -0.25) is 4.90 Å². The topological polar surface area (TPSA) is 15.3 Å². The number of nitrogens with one attached hydrogen (secondary N) is 1. The second-order valence-electron chi connectivity index (χ2n) is 6.63. The summed E-state index contributed by atoms with van der Waals surface area (Å²) < 4.78 is 0. The SMILES string of the molecule is CC(C)C1CN(C2CCCC2)C(C)(C)CN1. The lowest BCUT2D eigenvalue weighted by Crippen LogP contribution is -2.65. The third-order valence-electron chi connectivity index (χ3n) is 4.54. The summed E-state index contributed by atoms with van der Waals surface area (Å²) in [7, 11) is 0. The summed E-state index contributed by atoms with van der Waals surface area (Å²) in [5, 5.41) is 3.72. The van der Waals surface area contributed by atoms with Crippen molar-refractivity contribution in [2.24, 2.45) is 5.92 Å². The molecule has 2 nitrogen and oxygen atoms in total. The summed E-state index contributed by atoms with van der Waals surface area (Å²) in [4.78, 5) is 2.79. The van der Waals surface area contributed by atoms with E-state index in [0.29, 0.717) is 11.6 Å². The van der Waals surface area contributed by atoms with Crippen molar-refractivity contribution in [2.45, 2.75) is 71.0 Å². The molecule has 1 atom stereocenters. The summed E-state index contributed by atoms with van der Waals surface area (Å²) in [6.45, 7) is 11.9. The fourth-order valence-corrected chi connectivity index (χ4v) is 3.31. The van der Waals surface area contributed by atoms with Crippen LogP contribution in [0.2, 0.25) is 0 Å². The number of rotatable bonds is 2. The smallest absolute Gasteiger partial charge is 0.0281 e. The van der Waals surface area contributed by atoms with Gasteiger partial charge in [0.15, 0.2) is 0 Å². The maximum Gasteiger partial charge on any atom is 0.0281 e. The minimum Gasteiger partial charge on any atom is -0.311 e. The van der Waals surface area contributed by atoms with E-state index in [0.717, 1.165) is 18.5 Å². The molecular weight excluding hydrogens is 196 g/mol. The van der Waals surface area contributed by atoms with Gasteiger partial charge >= 0.3 is 0 Å². The molecule has 0 aromatic rings. The van der Waals surface area contributed by atoms with E-state index in [1.54, 1.807) is 0 Å². The lowest BCUT2D eigenvalue weighted by molar-refractivity contribution is 0.0181. The van der Waals surface area contributed by atoms with Crippen molar-refractivity contribution in [3.63, 3.8) is 0 Å². The molecule has 0 bridgehead atoms. The standard InChI is InChI=1S/C14H28N2/c1-11(2)13-9-16(12-7-5-6-8-12)14(3,4)10-15-13/h11-13,15H,5-10H2,1-4H3. The molecule has 0 aromatic heterocycles. The van der Waals surface area contributed by atoms with Crippen LogP contribution in [0.5, 0.6) is 0 Å². The molecule has 1 unspecified atom stereocenters. The van der Waals surface area contributed by atoms with Gasteiger partial charge < -0.3 is 5.32 Å². The fraction of sp³-hybridized carbons (Fsp3) is 1.00. The molecule has 2 heteroatoms. The second-order valence-corrected chi connectivity index (χ2v) is 6.63. The van der Waals surface area contributed by atoms with Crippen molar-refractivity contribution in [3.05, 3.63) is 0 Å². The lowest BCUT2D eigenvalue weighted by Gasteiger charge is -2.50. The Kier molecular flexibility index (Phi) is 3.60. The average Bonchev–Trinajstić information content (AvgIpc) is 2.69. The molecule has 0 spiro atoms. The molecule has 2 fully saturated rings. The molecule has 1 aliphatic heterocycles. The zero-order chi connectivity index (χ0) is 11.8. The van der Waals surface area contributed by atoms with E-state index >= 15 is 0 Å². The molecule has 2 aliphatic rings. The van der Waals surface area contributed by atoms with Crippen LogP contribution in [-0.4, -0.2) is 35.6 Å². The van der Waals surface area contributed by atoms with E-state index in [-0.39, 0.29) is 0 Å². The van der Waals surface area contributed by atoms with Crippen LogP contribution >= 0.6 is 0 Å². The first-order chi connectivity index (χ1) is 7.50. The first-order valence-corrected chi connectivity index (χ1v) is 7.01. The number of piperazine rings is 1. The van der Waals surface area contributed by atoms with Crippen LogP contribution in [0.25, 0.3) is 0 Å². The molecule has 2 rings (SSSR count). The quantitative estimate of drug-likeness (QED) is 0.776. The summed E-state index contributed by atoms with van der Waals surface area (Å²) in [6.07, 6.45) is 5.73. The van der Waals surface area contributed by atoms with Gasteiger partial charge in [-0.1, -0.05) is 26.7 Å².